The number of anilines is 1. The Kier molecular flexibility index (Phi) is 5.62. The van der Waals surface area contributed by atoms with Gasteiger partial charge < -0.3 is 4.90 Å². The molecule has 3 aromatic rings. The van der Waals surface area contributed by atoms with Crippen LogP contribution in [0.3, 0.4) is 0 Å². The monoisotopic (exact) mass is 396 g/mol. The fraction of sp³-hybridized carbons (Fsp3) is 0.286. The molecule has 0 radical (unpaired) electrons. The highest BCUT2D eigenvalue weighted by Crippen LogP contribution is 2.20. The largest absolute Gasteiger partial charge is 0.369 e. The van der Waals surface area contributed by atoms with Crippen molar-refractivity contribution in [2.75, 3.05) is 37.6 Å². The molecule has 0 saturated carbocycles. The zero-order valence-corrected chi connectivity index (χ0v) is 16.2. The van der Waals surface area contributed by atoms with E-state index < -0.39 is 11.6 Å². The Hall–Kier alpha value is -3.13. The second kappa shape index (κ2) is 8.48. The Morgan fingerprint density at radius 3 is 2.38 bits per heavy atom. The SMILES string of the molecule is Cc1c(/C=C/CN2CCN(c3cc(F)cc(F)c3)CC2)cnn1-c1ncccn1. The van der Waals surface area contributed by atoms with E-state index in [9.17, 15) is 8.78 Å². The molecular weight excluding hydrogens is 374 g/mol. The zero-order valence-electron chi connectivity index (χ0n) is 16.2. The maximum absolute atomic E-state index is 13.4. The minimum absolute atomic E-state index is 0.540. The summed E-state index contributed by atoms with van der Waals surface area (Å²) in [6.45, 7) is 5.92. The second-order valence-corrected chi connectivity index (χ2v) is 6.96. The summed E-state index contributed by atoms with van der Waals surface area (Å²) < 4.78 is 28.6. The quantitative estimate of drug-likeness (QED) is 0.663. The van der Waals surface area contributed by atoms with Crippen LogP contribution in [0.1, 0.15) is 11.3 Å². The predicted molar refractivity (Wildman–Crippen MR) is 108 cm³/mol. The molecule has 1 aliphatic heterocycles. The standard InChI is InChI=1S/C21H22F2N6/c1-16-17(15-26-29(16)21-24-5-3-6-25-21)4-2-7-27-8-10-28(11-9-27)20-13-18(22)12-19(23)14-20/h2-6,12-15H,7-11H2,1H3/b4-2+. The smallest absolute Gasteiger partial charge is 0.250 e. The first-order chi connectivity index (χ1) is 14.1. The lowest BCUT2D eigenvalue weighted by Gasteiger charge is -2.35. The molecule has 0 aliphatic carbocycles. The summed E-state index contributed by atoms with van der Waals surface area (Å²) >= 11 is 0. The highest BCUT2D eigenvalue weighted by molar-refractivity contribution is 5.52. The van der Waals surface area contributed by atoms with Crippen molar-refractivity contribution in [3.8, 4) is 5.95 Å². The molecule has 8 heteroatoms. The number of halogens is 2. The number of aromatic nitrogens is 4. The fourth-order valence-electron chi connectivity index (χ4n) is 3.43. The van der Waals surface area contributed by atoms with E-state index in [2.05, 4.69) is 32.1 Å². The lowest BCUT2D eigenvalue weighted by Crippen LogP contribution is -2.46. The normalized spacial score (nSPS) is 15.3. The number of nitrogens with zero attached hydrogens (tertiary/aromatic N) is 6. The van der Waals surface area contributed by atoms with Crippen molar-refractivity contribution < 1.29 is 8.78 Å². The van der Waals surface area contributed by atoms with Gasteiger partial charge in [-0.2, -0.15) is 5.10 Å². The fourth-order valence-corrected chi connectivity index (χ4v) is 3.43. The first kappa shape index (κ1) is 19.2. The van der Waals surface area contributed by atoms with Gasteiger partial charge in [-0.3, -0.25) is 4.90 Å². The molecule has 1 aromatic carbocycles. The molecule has 3 heterocycles. The Balaban J connectivity index is 1.33. The van der Waals surface area contributed by atoms with E-state index in [-0.39, 0.29) is 0 Å². The molecule has 1 saturated heterocycles. The van der Waals surface area contributed by atoms with Gasteiger partial charge in [0.2, 0.25) is 0 Å². The van der Waals surface area contributed by atoms with Gasteiger partial charge in [-0.1, -0.05) is 12.2 Å². The van der Waals surface area contributed by atoms with Gasteiger partial charge in [-0.25, -0.2) is 23.4 Å². The molecule has 6 nitrogen and oxygen atoms in total. The second-order valence-electron chi connectivity index (χ2n) is 6.96. The van der Waals surface area contributed by atoms with Gasteiger partial charge >= 0.3 is 0 Å². The lowest BCUT2D eigenvalue weighted by atomic mass is 10.2. The molecule has 0 bridgehead atoms. The number of hydrogen-bond donors (Lipinski definition) is 0. The number of piperazine rings is 1. The first-order valence-corrected chi connectivity index (χ1v) is 9.52. The summed E-state index contributed by atoms with van der Waals surface area (Å²) in [6, 6.07) is 5.44. The van der Waals surface area contributed by atoms with Crippen LogP contribution in [0, 0.1) is 18.6 Å². The van der Waals surface area contributed by atoms with Crippen LogP contribution < -0.4 is 4.90 Å². The van der Waals surface area contributed by atoms with Crippen molar-refractivity contribution >= 4 is 11.8 Å². The summed E-state index contributed by atoms with van der Waals surface area (Å²) in [5.74, 6) is -0.529. The minimum atomic E-state index is -0.540. The number of benzene rings is 1. The molecule has 0 amide bonds. The van der Waals surface area contributed by atoms with E-state index in [4.69, 9.17) is 0 Å². The molecule has 2 aromatic heterocycles. The molecule has 1 fully saturated rings. The maximum Gasteiger partial charge on any atom is 0.250 e. The highest BCUT2D eigenvalue weighted by Gasteiger charge is 2.17. The van der Waals surface area contributed by atoms with E-state index in [0.29, 0.717) is 11.6 Å². The third kappa shape index (κ3) is 4.48. The zero-order chi connectivity index (χ0) is 20.2. The average Bonchev–Trinajstić information content (AvgIpc) is 3.09. The Bertz CT molecular complexity index is 973. The molecule has 150 valence electrons. The van der Waals surface area contributed by atoms with Crippen LogP contribution in [0.25, 0.3) is 12.0 Å². The third-order valence-corrected chi connectivity index (χ3v) is 5.04. The van der Waals surface area contributed by atoms with Gasteiger partial charge in [-0.05, 0) is 25.1 Å². The van der Waals surface area contributed by atoms with Gasteiger partial charge in [0.15, 0.2) is 0 Å². The number of hydrogen-bond acceptors (Lipinski definition) is 5. The van der Waals surface area contributed by atoms with E-state index in [0.717, 1.165) is 50.0 Å². The van der Waals surface area contributed by atoms with Crippen molar-refractivity contribution in [1.29, 1.82) is 0 Å². The lowest BCUT2D eigenvalue weighted by molar-refractivity contribution is 0.284. The van der Waals surface area contributed by atoms with Crippen molar-refractivity contribution in [3.63, 3.8) is 0 Å². The third-order valence-electron chi connectivity index (χ3n) is 5.04. The van der Waals surface area contributed by atoms with E-state index in [1.165, 1.54) is 12.1 Å². The van der Waals surface area contributed by atoms with Gasteiger partial charge in [0, 0.05) is 62.4 Å². The number of rotatable bonds is 5. The Morgan fingerprint density at radius 2 is 1.69 bits per heavy atom. The molecule has 0 N–H and O–H groups in total. The van der Waals surface area contributed by atoms with Crippen molar-refractivity contribution in [3.05, 3.63) is 71.8 Å². The molecule has 0 spiro atoms. The van der Waals surface area contributed by atoms with Crippen LogP contribution in [-0.2, 0) is 0 Å². The molecule has 0 unspecified atom stereocenters. The molecule has 0 atom stereocenters. The van der Waals surface area contributed by atoms with Crippen LogP contribution in [0.2, 0.25) is 0 Å². The van der Waals surface area contributed by atoms with E-state index in [1.807, 2.05) is 11.8 Å². The minimum Gasteiger partial charge on any atom is -0.369 e. The Labute approximate surface area is 168 Å². The van der Waals surface area contributed by atoms with Gasteiger partial charge in [0.05, 0.1) is 11.9 Å². The summed E-state index contributed by atoms with van der Waals surface area (Å²) in [5, 5.41) is 4.37. The topological polar surface area (TPSA) is 50.1 Å². The van der Waals surface area contributed by atoms with E-state index in [1.54, 1.807) is 29.3 Å². The average molecular weight is 396 g/mol. The molecule has 1 aliphatic rings. The van der Waals surface area contributed by atoms with Crippen LogP contribution in [0.15, 0.2) is 48.9 Å². The summed E-state index contributed by atoms with van der Waals surface area (Å²) in [6.07, 6.45) is 9.35. The van der Waals surface area contributed by atoms with Crippen LogP contribution in [-0.4, -0.2) is 57.4 Å². The van der Waals surface area contributed by atoms with Crippen LogP contribution in [0.5, 0.6) is 0 Å². The highest BCUT2D eigenvalue weighted by atomic mass is 19.1. The van der Waals surface area contributed by atoms with Gasteiger partial charge in [0.1, 0.15) is 11.6 Å². The van der Waals surface area contributed by atoms with Crippen molar-refractivity contribution in [1.82, 2.24) is 24.6 Å². The predicted octanol–water partition coefficient (Wildman–Crippen LogP) is 3.08. The van der Waals surface area contributed by atoms with Crippen molar-refractivity contribution in [2.45, 2.75) is 6.92 Å². The Morgan fingerprint density at radius 1 is 1.00 bits per heavy atom. The van der Waals surface area contributed by atoms with Crippen LogP contribution in [0.4, 0.5) is 14.5 Å². The molecule has 29 heavy (non-hydrogen) atoms. The summed E-state index contributed by atoms with van der Waals surface area (Å²) in [4.78, 5) is 12.8. The van der Waals surface area contributed by atoms with Crippen LogP contribution >= 0.6 is 0 Å². The summed E-state index contributed by atoms with van der Waals surface area (Å²) in [7, 11) is 0. The van der Waals surface area contributed by atoms with Gasteiger partial charge in [0.25, 0.3) is 5.95 Å². The molecule has 4 rings (SSSR count). The van der Waals surface area contributed by atoms with Crippen molar-refractivity contribution in [2.24, 2.45) is 0 Å². The molecular formula is C21H22F2N6. The maximum atomic E-state index is 13.4. The van der Waals surface area contributed by atoms with E-state index >= 15 is 0 Å². The first-order valence-electron chi connectivity index (χ1n) is 9.52. The summed E-state index contributed by atoms with van der Waals surface area (Å²) in [5.41, 5.74) is 2.60. The van der Waals surface area contributed by atoms with Gasteiger partial charge in [-0.15, -0.1) is 0 Å².